The topological polar surface area (TPSA) is 52.6 Å². The van der Waals surface area contributed by atoms with Crippen molar-refractivity contribution in [1.82, 2.24) is 10.4 Å². The predicted molar refractivity (Wildman–Crippen MR) is 61.2 cm³/mol. The molecule has 15 heavy (non-hydrogen) atoms. The second kappa shape index (κ2) is 7.91. The Morgan fingerprint density at radius 1 is 1.33 bits per heavy atom. The lowest BCUT2D eigenvalue weighted by atomic mass is 10.1. The molecule has 1 unspecified atom stereocenters. The molecule has 5 heteroatoms. The second-order valence-electron chi connectivity index (χ2n) is 4.09. The van der Waals surface area contributed by atoms with Gasteiger partial charge in [-0.25, -0.2) is 5.48 Å². The van der Waals surface area contributed by atoms with Crippen molar-refractivity contribution in [1.29, 1.82) is 0 Å². The number of nitrogens with zero attached hydrogens (tertiary/aromatic N) is 1. The summed E-state index contributed by atoms with van der Waals surface area (Å²) in [5.41, 5.74) is 1.70. The van der Waals surface area contributed by atoms with Crippen molar-refractivity contribution in [3.05, 3.63) is 0 Å². The van der Waals surface area contributed by atoms with Gasteiger partial charge in [-0.05, 0) is 25.9 Å². The van der Waals surface area contributed by atoms with Gasteiger partial charge in [0.2, 0.25) is 5.91 Å². The van der Waals surface area contributed by atoms with E-state index in [1.54, 1.807) is 5.48 Å². The summed E-state index contributed by atoms with van der Waals surface area (Å²) >= 11 is 0. The normalized spacial score (nSPS) is 19.9. The number of halogens is 1. The molecule has 0 aromatic carbocycles. The van der Waals surface area contributed by atoms with Crippen LogP contribution in [0.5, 0.6) is 0 Å². The Morgan fingerprint density at radius 2 is 1.87 bits per heavy atom. The average Bonchev–Trinajstić information content (AvgIpc) is 2.45. The lowest BCUT2D eigenvalue weighted by Crippen LogP contribution is -2.36. The van der Waals surface area contributed by atoms with E-state index in [-0.39, 0.29) is 24.2 Å². The highest BCUT2D eigenvalue weighted by molar-refractivity contribution is 5.85. The third-order valence-corrected chi connectivity index (χ3v) is 2.79. The minimum absolute atomic E-state index is 0. The van der Waals surface area contributed by atoms with Crippen LogP contribution in [0.4, 0.5) is 0 Å². The zero-order valence-electron chi connectivity index (χ0n) is 9.24. The first-order chi connectivity index (χ1) is 6.74. The summed E-state index contributed by atoms with van der Waals surface area (Å²) in [5, 5.41) is 8.47. The number of hydroxylamine groups is 1. The van der Waals surface area contributed by atoms with Crippen molar-refractivity contribution in [3.63, 3.8) is 0 Å². The molecule has 0 bridgehead atoms. The number of hydrogen-bond donors (Lipinski definition) is 2. The molecule has 1 heterocycles. The molecule has 1 aliphatic heterocycles. The van der Waals surface area contributed by atoms with Crippen LogP contribution in [0.3, 0.4) is 0 Å². The van der Waals surface area contributed by atoms with Gasteiger partial charge in [0.15, 0.2) is 0 Å². The Kier molecular flexibility index (Phi) is 7.74. The predicted octanol–water partition coefficient (Wildman–Crippen LogP) is 1.43. The molecule has 0 aliphatic carbocycles. The fraction of sp³-hybridized carbons (Fsp3) is 0.900. The minimum atomic E-state index is -0.283. The summed E-state index contributed by atoms with van der Waals surface area (Å²) in [5.74, 6) is -0.410. The highest BCUT2D eigenvalue weighted by atomic mass is 35.5. The molecule has 0 spiro atoms. The van der Waals surface area contributed by atoms with E-state index < -0.39 is 0 Å². The molecule has 4 nitrogen and oxygen atoms in total. The third-order valence-electron chi connectivity index (χ3n) is 2.79. The smallest absolute Gasteiger partial charge is 0.247 e. The van der Waals surface area contributed by atoms with Crippen molar-refractivity contribution >= 4 is 18.3 Å². The molecule has 1 aliphatic rings. The third kappa shape index (κ3) is 5.35. The van der Waals surface area contributed by atoms with E-state index in [0.29, 0.717) is 0 Å². The van der Waals surface area contributed by atoms with Crippen LogP contribution in [0.2, 0.25) is 0 Å². The molecule has 0 radical (unpaired) electrons. The van der Waals surface area contributed by atoms with E-state index in [1.807, 2.05) is 6.92 Å². The Labute approximate surface area is 97.4 Å². The number of likely N-dealkylation sites (tertiary alicyclic amines) is 1. The Morgan fingerprint density at radius 3 is 2.33 bits per heavy atom. The molecule has 0 saturated carbocycles. The van der Waals surface area contributed by atoms with E-state index in [4.69, 9.17) is 5.21 Å². The first-order valence-corrected chi connectivity index (χ1v) is 5.40. The van der Waals surface area contributed by atoms with Gasteiger partial charge in [-0.2, -0.15) is 0 Å². The summed E-state index contributed by atoms with van der Waals surface area (Å²) in [4.78, 5) is 13.4. The largest absolute Gasteiger partial charge is 0.303 e. The van der Waals surface area contributed by atoms with Gasteiger partial charge < -0.3 is 4.90 Å². The minimum Gasteiger partial charge on any atom is -0.303 e. The SMILES string of the molecule is CC(CN1CCCCCC1)C(=O)NO.Cl. The molecule has 2 N–H and O–H groups in total. The lowest BCUT2D eigenvalue weighted by molar-refractivity contribution is -0.133. The van der Waals surface area contributed by atoms with Gasteiger partial charge >= 0.3 is 0 Å². The average molecular weight is 237 g/mol. The molecule has 1 fully saturated rings. The number of carbonyl (C=O) groups is 1. The standard InChI is InChI=1S/C10H20N2O2.ClH/c1-9(10(13)11-14)8-12-6-4-2-3-5-7-12;/h9,14H,2-8H2,1H3,(H,11,13);1H. The van der Waals surface area contributed by atoms with Crippen LogP contribution in [-0.4, -0.2) is 35.6 Å². The molecular formula is C10H21ClN2O2. The monoisotopic (exact) mass is 236 g/mol. The first kappa shape index (κ1) is 14.7. The maximum atomic E-state index is 11.1. The zero-order chi connectivity index (χ0) is 10.4. The van der Waals surface area contributed by atoms with Crippen molar-refractivity contribution in [2.75, 3.05) is 19.6 Å². The van der Waals surface area contributed by atoms with Crippen LogP contribution in [0.1, 0.15) is 32.6 Å². The number of rotatable bonds is 3. The quantitative estimate of drug-likeness (QED) is 0.576. The number of amides is 1. The fourth-order valence-electron chi connectivity index (χ4n) is 1.90. The summed E-state index contributed by atoms with van der Waals surface area (Å²) in [7, 11) is 0. The van der Waals surface area contributed by atoms with Gasteiger partial charge in [0.1, 0.15) is 0 Å². The molecule has 1 rings (SSSR count). The lowest BCUT2D eigenvalue weighted by Gasteiger charge is -2.22. The number of carbonyl (C=O) groups excluding carboxylic acids is 1. The van der Waals surface area contributed by atoms with Gasteiger partial charge in [0, 0.05) is 12.5 Å². The van der Waals surface area contributed by atoms with Gasteiger partial charge in [-0.15, -0.1) is 12.4 Å². The van der Waals surface area contributed by atoms with Gasteiger partial charge in [0.05, 0.1) is 0 Å². The Balaban J connectivity index is 0.00000196. The zero-order valence-corrected chi connectivity index (χ0v) is 10.1. The van der Waals surface area contributed by atoms with Crippen molar-refractivity contribution in [2.45, 2.75) is 32.6 Å². The fourth-order valence-corrected chi connectivity index (χ4v) is 1.90. The van der Waals surface area contributed by atoms with Crippen molar-refractivity contribution < 1.29 is 10.0 Å². The van der Waals surface area contributed by atoms with Gasteiger partial charge in [0.25, 0.3) is 0 Å². The summed E-state index contributed by atoms with van der Waals surface area (Å²) in [6, 6.07) is 0. The maximum absolute atomic E-state index is 11.1. The number of nitrogens with one attached hydrogen (secondary N) is 1. The van der Waals surface area contributed by atoms with Crippen LogP contribution >= 0.6 is 12.4 Å². The highest BCUT2D eigenvalue weighted by Gasteiger charge is 2.17. The van der Waals surface area contributed by atoms with Crippen LogP contribution < -0.4 is 5.48 Å². The van der Waals surface area contributed by atoms with Crippen molar-refractivity contribution in [2.24, 2.45) is 5.92 Å². The van der Waals surface area contributed by atoms with Crippen molar-refractivity contribution in [3.8, 4) is 0 Å². The molecule has 0 aromatic heterocycles. The van der Waals surface area contributed by atoms with E-state index in [9.17, 15) is 4.79 Å². The molecule has 1 saturated heterocycles. The summed E-state index contributed by atoms with van der Waals surface area (Å²) in [6.07, 6.45) is 5.06. The molecular weight excluding hydrogens is 216 g/mol. The van der Waals surface area contributed by atoms with E-state index in [2.05, 4.69) is 4.90 Å². The van der Waals surface area contributed by atoms with Gasteiger partial charge in [-0.3, -0.25) is 10.0 Å². The second-order valence-corrected chi connectivity index (χ2v) is 4.09. The van der Waals surface area contributed by atoms with Gasteiger partial charge in [-0.1, -0.05) is 19.8 Å². The van der Waals surface area contributed by atoms with E-state index in [0.717, 1.165) is 19.6 Å². The number of hydrogen-bond acceptors (Lipinski definition) is 3. The molecule has 90 valence electrons. The van der Waals surface area contributed by atoms with Crippen LogP contribution in [-0.2, 0) is 4.79 Å². The van der Waals surface area contributed by atoms with E-state index in [1.165, 1.54) is 25.7 Å². The molecule has 1 amide bonds. The van der Waals surface area contributed by atoms with Crippen LogP contribution in [0.15, 0.2) is 0 Å². The highest BCUT2D eigenvalue weighted by Crippen LogP contribution is 2.11. The Bertz CT molecular complexity index is 182. The maximum Gasteiger partial charge on any atom is 0.247 e. The molecule has 0 aromatic rings. The van der Waals surface area contributed by atoms with Crippen LogP contribution in [0, 0.1) is 5.92 Å². The van der Waals surface area contributed by atoms with Crippen LogP contribution in [0.25, 0.3) is 0 Å². The van der Waals surface area contributed by atoms with E-state index >= 15 is 0 Å². The Hall–Kier alpha value is -0.320. The molecule has 1 atom stereocenters. The summed E-state index contributed by atoms with van der Waals surface area (Å²) in [6.45, 7) is 4.77. The summed E-state index contributed by atoms with van der Waals surface area (Å²) < 4.78 is 0. The first-order valence-electron chi connectivity index (χ1n) is 5.40.